The van der Waals surface area contributed by atoms with Gasteiger partial charge in [0.15, 0.2) is 18.9 Å². The van der Waals surface area contributed by atoms with Gasteiger partial charge in [0.1, 0.15) is 36.6 Å². The molecule has 0 aliphatic carbocycles. The van der Waals surface area contributed by atoms with E-state index in [2.05, 4.69) is 0 Å². The third kappa shape index (κ3) is 13.0. The van der Waals surface area contributed by atoms with Crippen molar-refractivity contribution in [3.8, 4) is 0 Å². The summed E-state index contributed by atoms with van der Waals surface area (Å²) in [7, 11) is 4.90. The number of likely N-dealkylation sites (N-methyl/N-ethyl adjacent to an activating group) is 1. The SMILES string of the molecule is COC1C(O)CC(=O)OC(C)CC=CC=CC(OC2CC(C)(O)C(O)C(C)O2)C(C)CC(CCO)C1OC1OC(C)C(OC2CC(C)(O)C(O)C(C)O2)C(N(C)C)C1O. The zero-order chi connectivity index (χ0) is 44.0. The van der Waals surface area contributed by atoms with Crippen LogP contribution in [0.5, 0.6) is 0 Å². The topological polar surface area (TPSA) is 236 Å². The van der Waals surface area contributed by atoms with Gasteiger partial charge in [0.05, 0.1) is 60.3 Å². The maximum absolute atomic E-state index is 13.1. The minimum atomic E-state index is -1.48. The van der Waals surface area contributed by atoms with E-state index in [9.17, 15) is 40.5 Å². The van der Waals surface area contributed by atoms with Gasteiger partial charge >= 0.3 is 5.97 Å². The van der Waals surface area contributed by atoms with E-state index in [1.807, 2.05) is 31.2 Å². The lowest BCUT2D eigenvalue weighted by atomic mass is 9.82. The minimum absolute atomic E-state index is 0.0119. The van der Waals surface area contributed by atoms with Crippen molar-refractivity contribution in [2.45, 2.75) is 196 Å². The summed E-state index contributed by atoms with van der Waals surface area (Å²) in [6.45, 7) is 11.5. The van der Waals surface area contributed by atoms with Gasteiger partial charge < -0.3 is 78.5 Å². The number of allylic oxidation sites excluding steroid dienone is 2. The van der Waals surface area contributed by atoms with Crippen molar-refractivity contribution in [3.63, 3.8) is 0 Å². The van der Waals surface area contributed by atoms with Crippen molar-refractivity contribution in [1.82, 2.24) is 4.90 Å². The molecule has 59 heavy (non-hydrogen) atoms. The molecule has 342 valence electrons. The second-order valence-corrected chi connectivity index (χ2v) is 17.8. The van der Waals surface area contributed by atoms with E-state index in [1.54, 1.807) is 46.7 Å². The molecule has 3 saturated heterocycles. The van der Waals surface area contributed by atoms with E-state index < -0.39 is 128 Å². The Balaban J connectivity index is 1.68. The van der Waals surface area contributed by atoms with E-state index in [0.29, 0.717) is 12.8 Å². The summed E-state index contributed by atoms with van der Waals surface area (Å²) in [4.78, 5) is 14.9. The molecule has 3 fully saturated rings. The van der Waals surface area contributed by atoms with Crippen LogP contribution in [0.15, 0.2) is 24.3 Å². The molecule has 4 heterocycles. The third-order valence-electron chi connectivity index (χ3n) is 12.2. The van der Waals surface area contributed by atoms with Crippen LogP contribution in [0.2, 0.25) is 0 Å². The van der Waals surface area contributed by atoms with Crippen molar-refractivity contribution in [2.75, 3.05) is 27.8 Å². The highest BCUT2D eigenvalue weighted by Crippen LogP contribution is 2.38. The van der Waals surface area contributed by atoms with Gasteiger partial charge in [-0.05, 0) is 80.3 Å². The highest BCUT2D eigenvalue weighted by molar-refractivity contribution is 5.70. The Hall–Kier alpha value is -1.65. The molecule has 4 aliphatic rings. The van der Waals surface area contributed by atoms with Crippen LogP contribution in [0, 0.1) is 11.8 Å². The molecule has 17 heteroatoms. The summed E-state index contributed by atoms with van der Waals surface area (Å²) in [5, 5.41) is 77.0. The van der Waals surface area contributed by atoms with Crippen LogP contribution in [0.25, 0.3) is 0 Å². The molecule has 0 radical (unpaired) electrons. The van der Waals surface area contributed by atoms with Gasteiger partial charge in [0.25, 0.3) is 0 Å². The molecule has 4 rings (SSSR count). The second kappa shape index (κ2) is 21.6. The molecule has 0 bridgehead atoms. The van der Waals surface area contributed by atoms with Crippen LogP contribution in [0.3, 0.4) is 0 Å². The first-order valence-electron chi connectivity index (χ1n) is 21.0. The van der Waals surface area contributed by atoms with Gasteiger partial charge in [-0.1, -0.05) is 31.2 Å². The van der Waals surface area contributed by atoms with Crippen molar-refractivity contribution < 1.29 is 78.4 Å². The average Bonchev–Trinajstić information content (AvgIpc) is 3.12. The minimum Gasteiger partial charge on any atom is -0.462 e. The first-order valence-corrected chi connectivity index (χ1v) is 21.0. The Morgan fingerprint density at radius 1 is 0.814 bits per heavy atom. The van der Waals surface area contributed by atoms with Crippen LogP contribution in [-0.2, 0) is 42.7 Å². The molecular formula is C42H73NO16. The van der Waals surface area contributed by atoms with Gasteiger partial charge in [-0.2, -0.15) is 0 Å². The summed E-state index contributed by atoms with van der Waals surface area (Å²) in [5.74, 6) is -1.56. The summed E-state index contributed by atoms with van der Waals surface area (Å²) >= 11 is 0. The van der Waals surface area contributed by atoms with Crippen molar-refractivity contribution in [2.24, 2.45) is 11.8 Å². The first kappa shape index (κ1) is 50.0. The van der Waals surface area contributed by atoms with E-state index in [1.165, 1.54) is 21.0 Å². The lowest BCUT2D eigenvalue weighted by Crippen LogP contribution is -2.65. The summed E-state index contributed by atoms with van der Waals surface area (Å²) < 4.78 is 49.4. The van der Waals surface area contributed by atoms with Gasteiger partial charge in [-0.3, -0.25) is 4.79 Å². The van der Waals surface area contributed by atoms with Crippen LogP contribution in [0.1, 0.15) is 87.0 Å². The second-order valence-electron chi connectivity index (χ2n) is 17.8. The highest BCUT2D eigenvalue weighted by atomic mass is 16.7. The number of carbonyl (C=O) groups excluding carboxylic acids is 1. The molecule has 4 aliphatic heterocycles. The standard InChI is InChI=1S/C42H73NO16/c1-22-18-27(16-17-44)36(59-40-34(47)33(43(8)9)35(24(3)56-40)58-32-21-42(7,51)39(49)26(5)55-32)37(52-10)28(45)19-30(46)53-23(2)14-12-11-13-15-29(22)57-31-20-41(6,50)38(48)25(4)54-31/h11-13,15,22-29,31-40,44-45,47-51H,14,16-21H2,1-10H3. The van der Waals surface area contributed by atoms with Crippen molar-refractivity contribution >= 4 is 5.97 Å². The van der Waals surface area contributed by atoms with E-state index >= 15 is 0 Å². The Bertz CT molecular complexity index is 1360. The largest absolute Gasteiger partial charge is 0.462 e. The fraction of sp³-hybridized carbons (Fsp3) is 0.881. The predicted molar refractivity (Wildman–Crippen MR) is 212 cm³/mol. The molecule has 0 aromatic heterocycles. The van der Waals surface area contributed by atoms with E-state index in [-0.39, 0.29) is 31.8 Å². The quantitative estimate of drug-likeness (QED) is 0.151. The van der Waals surface area contributed by atoms with Crippen LogP contribution in [0.4, 0.5) is 0 Å². The number of hydrogen-bond donors (Lipinski definition) is 7. The van der Waals surface area contributed by atoms with Gasteiger partial charge in [-0.25, -0.2) is 0 Å². The fourth-order valence-corrected chi connectivity index (χ4v) is 8.88. The van der Waals surface area contributed by atoms with Crippen LogP contribution in [-0.4, -0.2) is 184 Å². The monoisotopic (exact) mass is 847 g/mol. The van der Waals surface area contributed by atoms with Gasteiger partial charge in [0, 0.05) is 33.0 Å². The number of esters is 1. The maximum Gasteiger partial charge on any atom is 0.308 e. The van der Waals surface area contributed by atoms with Crippen LogP contribution < -0.4 is 0 Å². The Morgan fingerprint density at radius 2 is 1.41 bits per heavy atom. The number of methoxy groups -OCH3 is 1. The average molecular weight is 848 g/mol. The number of aliphatic hydroxyl groups is 7. The molecule has 0 amide bonds. The summed E-state index contributed by atoms with van der Waals surface area (Å²) in [6, 6.07) is -0.743. The number of aliphatic hydroxyl groups excluding tert-OH is 5. The molecule has 0 spiro atoms. The normalized spacial score (nSPS) is 47.3. The lowest BCUT2D eigenvalue weighted by molar-refractivity contribution is -0.344. The maximum atomic E-state index is 13.1. The number of nitrogens with zero attached hydrogens (tertiary/aromatic N) is 1. The number of cyclic esters (lactones) is 1. The zero-order valence-electron chi connectivity index (χ0n) is 36.4. The molecule has 7 N–H and O–H groups in total. The van der Waals surface area contributed by atoms with Crippen molar-refractivity contribution in [1.29, 1.82) is 0 Å². The number of hydrogen-bond acceptors (Lipinski definition) is 17. The zero-order valence-corrected chi connectivity index (χ0v) is 36.4. The predicted octanol–water partition coefficient (Wildman–Crippen LogP) is 0.910. The Kier molecular flexibility index (Phi) is 18.3. The molecule has 0 aromatic carbocycles. The summed E-state index contributed by atoms with van der Waals surface area (Å²) in [6.07, 6.45) is -6.74. The Morgan fingerprint density at radius 3 is 1.95 bits per heavy atom. The van der Waals surface area contributed by atoms with E-state index in [4.69, 9.17) is 37.9 Å². The Labute approximate surface area is 349 Å². The number of rotatable bonds is 10. The van der Waals surface area contributed by atoms with Crippen molar-refractivity contribution in [3.05, 3.63) is 24.3 Å². The highest BCUT2D eigenvalue weighted by Gasteiger charge is 2.52. The molecule has 20 atom stereocenters. The van der Waals surface area contributed by atoms with Gasteiger partial charge in [0.2, 0.25) is 0 Å². The van der Waals surface area contributed by atoms with E-state index in [0.717, 1.165) is 0 Å². The number of ether oxygens (including phenoxy) is 8. The lowest BCUT2D eigenvalue weighted by Gasteiger charge is -2.50. The molecular weight excluding hydrogens is 774 g/mol. The molecule has 0 saturated carbocycles. The van der Waals surface area contributed by atoms with Crippen LogP contribution >= 0.6 is 0 Å². The third-order valence-corrected chi connectivity index (χ3v) is 12.2. The molecule has 17 nitrogen and oxygen atoms in total. The van der Waals surface area contributed by atoms with Gasteiger partial charge in [-0.15, -0.1) is 0 Å². The molecule has 0 aromatic rings. The number of carbonyl (C=O) groups is 1. The smallest absolute Gasteiger partial charge is 0.308 e. The molecule has 20 unspecified atom stereocenters. The summed E-state index contributed by atoms with van der Waals surface area (Å²) in [5.41, 5.74) is -2.94. The first-order chi connectivity index (χ1) is 27.6. The fourth-order valence-electron chi connectivity index (χ4n) is 8.88.